The first-order valence-electron chi connectivity index (χ1n) is 6.17. The summed E-state index contributed by atoms with van der Waals surface area (Å²) in [5.41, 5.74) is 5.03. The smallest absolute Gasteiger partial charge is 0.221 e. The molecule has 0 saturated heterocycles. The molecule has 19 heavy (non-hydrogen) atoms. The first-order chi connectivity index (χ1) is 9.06. The fourth-order valence-electron chi connectivity index (χ4n) is 1.81. The largest absolute Gasteiger partial charge is 0.381 e. The lowest BCUT2D eigenvalue weighted by Crippen LogP contribution is -2.08. The summed E-state index contributed by atoms with van der Waals surface area (Å²) in [7, 11) is 0. The third-order valence-corrected chi connectivity index (χ3v) is 2.97. The van der Waals surface area contributed by atoms with Crippen LogP contribution in [0.4, 0.5) is 11.4 Å². The van der Waals surface area contributed by atoms with Crippen molar-refractivity contribution in [1.29, 1.82) is 0 Å². The fourth-order valence-corrected chi connectivity index (χ4v) is 1.81. The number of aryl methyl sites for hydroxylation is 2. The van der Waals surface area contributed by atoms with E-state index in [0.29, 0.717) is 6.54 Å². The quantitative estimate of drug-likeness (QED) is 0.789. The van der Waals surface area contributed by atoms with Gasteiger partial charge in [-0.3, -0.25) is 9.89 Å². The SMILES string of the molecule is CC(=O)Nc1cc(NCc2cn[nH]c2C)ccc1C. The molecule has 0 radical (unpaired) electrons. The molecule has 1 amide bonds. The van der Waals surface area contributed by atoms with Gasteiger partial charge in [0.05, 0.1) is 6.20 Å². The van der Waals surface area contributed by atoms with Gasteiger partial charge in [-0.2, -0.15) is 5.10 Å². The molecule has 0 aliphatic carbocycles. The number of nitrogens with one attached hydrogen (secondary N) is 3. The monoisotopic (exact) mass is 258 g/mol. The molecule has 0 fully saturated rings. The Labute approximate surface area is 112 Å². The molecule has 0 aliphatic rings. The van der Waals surface area contributed by atoms with Crippen molar-refractivity contribution in [2.45, 2.75) is 27.3 Å². The van der Waals surface area contributed by atoms with Crippen molar-refractivity contribution < 1.29 is 4.79 Å². The van der Waals surface area contributed by atoms with E-state index in [1.54, 1.807) is 0 Å². The van der Waals surface area contributed by atoms with Crippen LogP contribution in [-0.4, -0.2) is 16.1 Å². The molecule has 1 aromatic carbocycles. The van der Waals surface area contributed by atoms with Gasteiger partial charge in [0.15, 0.2) is 0 Å². The van der Waals surface area contributed by atoms with Gasteiger partial charge in [0, 0.05) is 36.1 Å². The summed E-state index contributed by atoms with van der Waals surface area (Å²) in [4.78, 5) is 11.1. The molecule has 2 rings (SSSR count). The lowest BCUT2D eigenvalue weighted by molar-refractivity contribution is -0.114. The van der Waals surface area contributed by atoms with Crippen LogP contribution in [0, 0.1) is 13.8 Å². The number of benzene rings is 1. The molecule has 1 aromatic heterocycles. The predicted octanol–water partition coefficient (Wildman–Crippen LogP) is 2.60. The van der Waals surface area contributed by atoms with E-state index in [2.05, 4.69) is 20.8 Å². The van der Waals surface area contributed by atoms with Gasteiger partial charge < -0.3 is 10.6 Å². The Kier molecular flexibility index (Phi) is 3.85. The van der Waals surface area contributed by atoms with Crippen molar-refractivity contribution in [3.8, 4) is 0 Å². The van der Waals surface area contributed by atoms with Crippen molar-refractivity contribution in [3.05, 3.63) is 41.2 Å². The summed E-state index contributed by atoms with van der Waals surface area (Å²) >= 11 is 0. The van der Waals surface area contributed by atoms with Crippen LogP contribution in [0.3, 0.4) is 0 Å². The van der Waals surface area contributed by atoms with Gasteiger partial charge in [-0.25, -0.2) is 0 Å². The molecular weight excluding hydrogens is 240 g/mol. The van der Waals surface area contributed by atoms with Gasteiger partial charge in [-0.15, -0.1) is 0 Å². The first kappa shape index (κ1) is 13.1. The van der Waals surface area contributed by atoms with E-state index < -0.39 is 0 Å². The molecule has 2 aromatic rings. The van der Waals surface area contributed by atoms with Crippen LogP contribution >= 0.6 is 0 Å². The highest BCUT2D eigenvalue weighted by Gasteiger charge is 2.04. The topological polar surface area (TPSA) is 69.8 Å². The summed E-state index contributed by atoms with van der Waals surface area (Å²) < 4.78 is 0. The second-order valence-electron chi connectivity index (χ2n) is 4.58. The average Bonchev–Trinajstić information content (AvgIpc) is 2.75. The van der Waals surface area contributed by atoms with E-state index in [4.69, 9.17) is 0 Å². The standard InChI is InChI=1S/C14H18N4O/c1-9-4-5-13(6-14(9)17-11(3)19)15-7-12-8-16-18-10(12)2/h4-6,8,15H,7H2,1-3H3,(H,16,18)(H,17,19). The first-order valence-corrected chi connectivity index (χ1v) is 6.17. The molecule has 0 aliphatic heterocycles. The van der Waals surface area contributed by atoms with Crippen LogP contribution in [0.5, 0.6) is 0 Å². The van der Waals surface area contributed by atoms with Crippen molar-refractivity contribution in [2.75, 3.05) is 10.6 Å². The molecule has 0 unspecified atom stereocenters. The highest BCUT2D eigenvalue weighted by molar-refractivity contribution is 5.90. The van der Waals surface area contributed by atoms with Crippen molar-refractivity contribution in [2.24, 2.45) is 0 Å². The number of hydrogen-bond acceptors (Lipinski definition) is 3. The maximum absolute atomic E-state index is 11.1. The summed E-state index contributed by atoms with van der Waals surface area (Å²) in [6.45, 7) is 6.16. The number of nitrogens with zero attached hydrogens (tertiary/aromatic N) is 1. The van der Waals surface area contributed by atoms with Crippen LogP contribution in [0.25, 0.3) is 0 Å². The van der Waals surface area contributed by atoms with Crippen molar-refractivity contribution >= 4 is 17.3 Å². The number of aromatic nitrogens is 2. The zero-order valence-electron chi connectivity index (χ0n) is 11.4. The van der Waals surface area contributed by atoms with E-state index in [0.717, 1.165) is 28.2 Å². The zero-order chi connectivity index (χ0) is 13.8. The molecule has 1 heterocycles. The second kappa shape index (κ2) is 5.56. The van der Waals surface area contributed by atoms with Gasteiger partial charge in [-0.1, -0.05) is 6.07 Å². The predicted molar refractivity (Wildman–Crippen MR) is 76.1 cm³/mol. The Balaban J connectivity index is 2.08. The second-order valence-corrected chi connectivity index (χ2v) is 4.58. The van der Waals surface area contributed by atoms with Gasteiger partial charge in [0.2, 0.25) is 5.91 Å². The summed E-state index contributed by atoms with van der Waals surface area (Å²) in [6.07, 6.45) is 1.81. The molecular formula is C14H18N4O. The summed E-state index contributed by atoms with van der Waals surface area (Å²) in [5.74, 6) is -0.0640. The zero-order valence-corrected chi connectivity index (χ0v) is 11.4. The molecule has 3 N–H and O–H groups in total. The Hall–Kier alpha value is -2.30. The van der Waals surface area contributed by atoms with Crippen molar-refractivity contribution in [1.82, 2.24) is 10.2 Å². The number of H-pyrrole nitrogens is 1. The van der Waals surface area contributed by atoms with Crippen LogP contribution in [-0.2, 0) is 11.3 Å². The van der Waals surface area contributed by atoms with Gasteiger partial charge in [-0.05, 0) is 31.5 Å². The Morgan fingerprint density at radius 1 is 1.37 bits per heavy atom. The Bertz CT molecular complexity index is 589. The minimum Gasteiger partial charge on any atom is -0.381 e. The molecule has 0 atom stereocenters. The van der Waals surface area contributed by atoms with E-state index in [1.165, 1.54) is 6.92 Å². The molecule has 5 nitrogen and oxygen atoms in total. The molecule has 100 valence electrons. The van der Waals surface area contributed by atoms with E-state index in [9.17, 15) is 4.79 Å². The van der Waals surface area contributed by atoms with Crippen LogP contribution < -0.4 is 10.6 Å². The molecule has 0 bridgehead atoms. The van der Waals surface area contributed by atoms with Gasteiger partial charge in [0.1, 0.15) is 0 Å². The summed E-state index contributed by atoms with van der Waals surface area (Å²) in [6, 6.07) is 5.91. The minimum absolute atomic E-state index is 0.0640. The van der Waals surface area contributed by atoms with Gasteiger partial charge in [0.25, 0.3) is 0 Å². The summed E-state index contributed by atoms with van der Waals surface area (Å²) in [5, 5.41) is 13.0. The van der Waals surface area contributed by atoms with Crippen LogP contribution in [0.1, 0.15) is 23.7 Å². The third kappa shape index (κ3) is 3.34. The molecule has 0 spiro atoms. The number of amides is 1. The number of carbonyl (C=O) groups excluding carboxylic acids is 1. The number of anilines is 2. The van der Waals surface area contributed by atoms with Crippen molar-refractivity contribution in [3.63, 3.8) is 0 Å². The molecule has 5 heteroatoms. The Morgan fingerprint density at radius 2 is 2.16 bits per heavy atom. The fraction of sp³-hybridized carbons (Fsp3) is 0.286. The van der Waals surface area contributed by atoms with Crippen LogP contribution in [0.15, 0.2) is 24.4 Å². The Morgan fingerprint density at radius 3 is 2.79 bits per heavy atom. The van der Waals surface area contributed by atoms with E-state index in [-0.39, 0.29) is 5.91 Å². The maximum atomic E-state index is 11.1. The number of hydrogen-bond donors (Lipinski definition) is 3. The lowest BCUT2D eigenvalue weighted by Gasteiger charge is -2.11. The number of rotatable bonds is 4. The third-order valence-electron chi connectivity index (χ3n) is 2.97. The molecule has 0 saturated carbocycles. The number of carbonyl (C=O) groups is 1. The maximum Gasteiger partial charge on any atom is 0.221 e. The average molecular weight is 258 g/mol. The highest BCUT2D eigenvalue weighted by Crippen LogP contribution is 2.21. The highest BCUT2D eigenvalue weighted by atomic mass is 16.1. The lowest BCUT2D eigenvalue weighted by atomic mass is 10.1. The van der Waals surface area contributed by atoms with E-state index >= 15 is 0 Å². The minimum atomic E-state index is -0.0640. The normalized spacial score (nSPS) is 10.3. The van der Waals surface area contributed by atoms with Gasteiger partial charge >= 0.3 is 0 Å². The van der Waals surface area contributed by atoms with Crippen LogP contribution in [0.2, 0.25) is 0 Å². The number of aromatic amines is 1. The van der Waals surface area contributed by atoms with E-state index in [1.807, 2.05) is 38.2 Å².